The highest BCUT2D eigenvalue weighted by Crippen LogP contribution is 2.36. The average molecular weight is 412 g/mol. The van der Waals surface area contributed by atoms with Crippen molar-refractivity contribution >= 4 is 22.4 Å². The fourth-order valence-electron chi connectivity index (χ4n) is 2.92. The third-order valence-electron chi connectivity index (χ3n) is 5.19. The van der Waals surface area contributed by atoms with Gasteiger partial charge in [-0.2, -0.15) is 0 Å². The molecule has 1 aliphatic heterocycles. The van der Waals surface area contributed by atoms with Crippen LogP contribution in [-0.2, 0) is 24.9 Å². The fraction of sp³-hybridized carbons (Fsp3) is 0.368. The highest BCUT2D eigenvalue weighted by molar-refractivity contribution is 7.90. The monoisotopic (exact) mass is 412 g/mol. The summed E-state index contributed by atoms with van der Waals surface area (Å²) in [7, 11) is -5.48. The second-order valence-corrected chi connectivity index (χ2v) is 9.64. The Morgan fingerprint density at radius 3 is 1.93 bits per heavy atom. The van der Waals surface area contributed by atoms with Gasteiger partial charge >= 0.3 is 7.12 Å². The second kappa shape index (κ2) is 6.90. The molecule has 2 aromatic carbocycles. The standard InChI is InChI=1S/C19H20BF3O4S/c1-18(2)19(3,4)27-20(26-18)13-8-5-7-12(16(13)23)11-28(24,25)17-14(21)9-6-10-15(17)22/h5-10H,11H2,1-4H3. The molecule has 0 amide bonds. The summed E-state index contributed by atoms with van der Waals surface area (Å²) in [4.78, 5) is -1.07. The third kappa shape index (κ3) is 3.58. The lowest BCUT2D eigenvalue weighted by Crippen LogP contribution is -2.41. The Hall–Kier alpha value is -1.84. The van der Waals surface area contributed by atoms with Crippen LogP contribution in [0.15, 0.2) is 41.3 Å². The topological polar surface area (TPSA) is 52.6 Å². The molecule has 150 valence electrons. The lowest BCUT2D eigenvalue weighted by Gasteiger charge is -2.32. The van der Waals surface area contributed by atoms with E-state index in [1.54, 1.807) is 27.7 Å². The summed E-state index contributed by atoms with van der Waals surface area (Å²) in [5, 5.41) is 0. The zero-order chi connectivity index (χ0) is 20.9. The van der Waals surface area contributed by atoms with E-state index in [2.05, 4.69) is 0 Å². The molecular weight excluding hydrogens is 392 g/mol. The number of hydrogen-bond donors (Lipinski definition) is 0. The molecule has 0 saturated carbocycles. The molecule has 0 bridgehead atoms. The number of rotatable bonds is 4. The van der Waals surface area contributed by atoms with Crippen LogP contribution in [0.25, 0.3) is 0 Å². The molecule has 0 aliphatic carbocycles. The SMILES string of the molecule is CC1(C)OB(c2cccc(CS(=O)(=O)c3c(F)cccc3F)c2F)OC1(C)C. The minimum atomic E-state index is -4.45. The molecule has 0 atom stereocenters. The zero-order valence-electron chi connectivity index (χ0n) is 15.9. The predicted octanol–water partition coefficient (Wildman–Crippen LogP) is 3.38. The van der Waals surface area contributed by atoms with E-state index in [1.807, 2.05) is 0 Å². The lowest BCUT2D eigenvalue weighted by atomic mass is 9.78. The van der Waals surface area contributed by atoms with E-state index in [4.69, 9.17) is 9.31 Å². The Kier molecular flexibility index (Phi) is 5.14. The molecule has 0 N–H and O–H groups in total. The summed E-state index contributed by atoms with van der Waals surface area (Å²) in [5.41, 5.74) is -1.61. The highest BCUT2D eigenvalue weighted by atomic mass is 32.2. The van der Waals surface area contributed by atoms with Crippen LogP contribution < -0.4 is 5.46 Å². The number of sulfone groups is 1. The molecule has 1 heterocycles. The number of halogens is 3. The Balaban J connectivity index is 1.97. The van der Waals surface area contributed by atoms with E-state index in [-0.39, 0.29) is 11.0 Å². The van der Waals surface area contributed by atoms with Gasteiger partial charge in [0.15, 0.2) is 9.84 Å². The van der Waals surface area contributed by atoms with Crippen molar-refractivity contribution in [2.75, 3.05) is 0 Å². The Bertz CT molecular complexity index is 986. The first-order chi connectivity index (χ1) is 12.9. The summed E-state index contributed by atoms with van der Waals surface area (Å²) in [6, 6.07) is 6.87. The lowest BCUT2D eigenvalue weighted by molar-refractivity contribution is 0.00578. The van der Waals surface area contributed by atoms with Crippen molar-refractivity contribution in [1.82, 2.24) is 0 Å². The molecular formula is C19H20BF3O4S. The molecule has 0 aromatic heterocycles. The summed E-state index contributed by atoms with van der Waals surface area (Å²) >= 11 is 0. The number of hydrogen-bond acceptors (Lipinski definition) is 4. The van der Waals surface area contributed by atoms with Crippen LogP contribution in [0, 0.1) is 17.5 Å². The zero-order valence-corrected chi connectivity index (χ0v) is 16.7. The van der Waals surface area contributed by atoms with E-state index >= 15 is 4.39 Å². The van der Waals surface area contributed by atoms with Gasteiger partial charge in [0.25, 0.3) is 0 Å². The quantitative estimate of drug-likeness (QED) is 0.723. The van der Waals surface area contributed by atoms with E-state index in [0.29, 0.717) is 0 Å². The van der Waals surface area contributed by atoms with Gasteiger partial charge in [0.2, 0.25) is 0 Å². The maximum atomic E-state index is 15.1. The molecule has 28 heavy (non-hydrogen) atoms. The van der Waals surface area contributed by atoms with Crippen molar-refractivity contribution < 1.29 is 30.9 Å². The van der Waals surface area contributed by atoms with Gasteiger partial charge < -0.3 is 9.31 Å². The summed E-state index contributed by atoms with van der Waals surface area (Å²) in [5.74, 6) is -4.18. The molecule has 4 nitrogen and oxygen atoms in total. The second-order valence-electron chi connectivity index (χ2n) is 7.72. The van der Waals surface area contributed by atoms with Gasteiger partial charge in [-0.25, -0.2) is 21.6 Å². The van der Waals surface area contributed by atoms with Crippen molar-refractivity contribution in [3.63, 3.8) is 0 Å². The van der Waals surface area contributed by atoms with Gasteiger partial charge in [-0.15, -0.1) is 0 Å². The Labute approximate surface area is 162 Å². The van der Waals surface area contributed by atoms with Crippen LogP contribution in [0.1, 0.15) is 33.3 Å². The fourth-order valence-corrected chi connectivity index (χ4v) is 4.43. The first kappa shape index (κ1) is 20.9. The largest absolute Gasteiger partial charge is 0.497 e. The van der Waals surface area contributed by atoms with Gasteiger partial charge in [0.1, 0.15) is 22.3 Å². The average Bonchev–Trinajstić information content (AvgIpc) is 2.76. The smallest absolute Gasteiger partial charge is 0.399 e. The third-order valence-corrected chi connectivity index (χ3v) is 6.89. The van der Waals surface area contributed by atoms with Crippen molar-refractivity contribution in [1.29, 1.82) is 0 Å². The van der Waals surface area contributed by atoms with Gasteiger partial charge in [0, 0.05) is 11.0 Å². The van der Waals surface area contributed by atoms with E-state index in [0.717, 1.165) is 18.2 Å². The van der Waals surface area contributed by atoms with E-state index in [9.17, 15) is 17.2 Å². The predicted molar refractivity (Wildman–Crippen MR) is 99.4 cm³/mol. The minimum absolute atomic E-state index is 0.0281. The minimum Gasteiger partial charge on any atom is -0.399 e. The van der Waals surface area contributed by atoms with Crippen LogP contribution in [0.4, 0.5) is 13.2 Å². The van der Waals surface area contributed by atoms with Gasteiger partial charge in [-0.3, -0.25) is 0 Å². The first-order valence-electron chi connectivity index (χ1n) is 8.65. The number of benzene rings is 2. The molecule has 1 aliphatic rings. The molecule has 1 fully saturated rings. The summed E-state index contributed by atoms with van der Waals surface area (Å²) in [6.45, 7) is 7.22. The Morgan fingerprint density at radius 1 is 0.893 bits per heavy atom. The van der Waals surface area contributed by atoms with Crippen LogP contribution in [0.3, 0.4) is 0 Å². The van der Waals surface area contributed by atoms with Crippen LogP contribution >= 0.6 is 0 Å². The maximum absolute atomic E-state index is 15.1. The van der Waals surface area contributed by atoms with Crippen LogP contribution in [-0.4, -0.2) is 26.7 Å². The highest BCUT2D eigenvalue weighted by Gasteiger charge is 2.52. The van der Waals surface area contributed by atoms with Crippen molar-refractivity contribution in [3.8, 4) is 0 Å². The van der Waals surface area contributed by atoms with Gasteiger partial charge in [-0.1, -0.05) is 24.3 Å². The molecule has 3 rings (SSSR count). The van der Waals surface area contributed by atoms with Gasteiger partial charge in [0.05, 0.1) is 17.0 Å². The summed E-state index contributed by atoms with van der Waals surface area (Å²) < 4.78 is 79.5. The Morgan fingerprint density at radius 2 is 1.39 bits per heavy atom. The summed E-state index contributed by atoms with van der Waals surface area (Å²) in [6.07, 6.45) is 0. The van der Waals surface area contributed by atoms with Gasteiger partial charge in [-0.05, 0) is 39.8 Å². The molecule has 9 heteroatoms. The van der Waals surface area contributed by atoms with E-state index in [1.165, 1.54) is 18.2 Å². The van der Waals surface area contributed by atoms with E-state index < -0.39 is 56.3 Å². The van der Waals surface area contributed by atoms with Crippen LogP contribution in [0.5, 0.6) is 0 Å². The van der Waals surface area contributed by atoms with Crippen molar-refractivity contribution in [3.05, 3.63) is 59.4 Å². The first-order valence-corrected chi connectivity index (χ1v) is 10.3. The maximum Gasteiger partial charge on any atom is 0.497 e. The van der Waals surface area contributed by atoms with Crippen molar-refractivity contribution in [2.45, 2.75) is 49.5 Å². The van der Waals surface area contributed by atoms with Crippen LogP contribution in [0.2, 0.25) is 0 Å². The molecule has 0 spiro atoms. The molecule has 0 radical (unpaired) electrons. The van der Waals surface area contributed by atoms with Crippen molar-refractivity contribution in [2.24, 2.45) is 0 Å². The molecule has 2 aromatic rings. The molecule has 0 unspecified atom stereocenters. The normalized spacial score (nSPS) is 18.5. The molecule has 1 saturated heterocycles.